The molecule has 1 saturated heterocycles. The summed E-state index contributed by atoms with van der Waals surface area (Å²) >= 11 is 0. The van der Waals surface area contributed by atoms with Crippen LogP contribution in [0.15, 0.2) is 53.7 Å². The highest BCUT2D eigenvalue weighted by Crippen LogP contribution is 2.26. The first kappa shape index (κ1) is 23.1. The summed E-state index contributed by atoms with van der Waals surface area (Å²) in [5, 5.41) is 8.49. The van der Waals surface area contributed by atoms with E-state index >= 15 is 0 Å². The molecule has 0 unspecified atom stereocenters. The SMILES string of the molecule is CCOc1ccc(-n2nnc3c(N4CCN(S(=O)(=O)c5ccc(F)cc5F)CC4)ncnc32)cc1. The van der Waals surface area contributed by atoms with Crippen LogP contribution in [0, 0.1) is 11.6 Å². The van der Waals surface area contributed by atoms with Gasteiger partial charge in [-0.1, -0.05) is 5.21 Å². The van der Waals surface area contributed by atoms with E-state index in [4.69, 9.17) is 4.74 Å². The third kappa shape index (κ3) is 4.28. The highest BCUT2D eigenvalue weighted by atomic mass is 32.2. The molecule has 0 amide bonds. The van der Waals surface area contributed by atoms with Crippen LogP contribution in [-0.2, 0) is 10.0 Å². The zero-order valence-electron chi connectivity index (χ0n) is 18.7. The molecular weight excluding hydrogens is 480 g/mol. The van der Waals surface area contributed by atoms with Gasteiger partial charge in [0.1, 0.15) is 28.6 Å². The van der Waals surface area contributed by atoms with Crippen molar-refractivity contribution in [3.63, 3.8) is 0 Å². The minimum atomic E-state index is -4.11. The van der Waals surface area contributed by atoms with Gasteiger partial charge in [0.15, 0.2) is 17.0 Å². The molecule has 0 saturated carbocycles. The highest BCUT2D eigenvalue weighted by Gasteiger charge is 2.32. The first-order valence-electron chi connectivity index (χ1n) is 10.9. The number of hydrogen-bond acceptors (Lipinski definition) is 8. The van der Waals surface area contributed by atoms with E-state index in [0.29, 0.717) is 42.7 Å². The van der Waals surface area contributed by atoms with Crippen LogP contribution < -0.4 is 9.64 Å². The van der Waals surface area contributed by atoms with Crippen molar-refractivity contribution < 1.29 is 21.9 Å². The standard InChI is InChI=1S/C22H21F2N7O3S/c1-2-34-17-6-4-16(5-7-17)31-22-20(27-28-31)21(25-14-26-22)29-9-11-30(12-10-29)35(32,33)19-8-3-15(23)13-18(19)24/h3-8,13-14H,2,9-12H2,1H3. The van der Waals surface area contributed by atoms with Crippen molar-refractivity contribution in [2.24, 2.45) is 0 Å². The Morgan fingerprint density at radius 3 is 2.43 bits per heavy atom. The molecule has 1 aliphatic heterocycles. The van der Waals surface area contributed by atoms with E-state index in [9.17, 15) is 17.2 Å². The van der Waals surface area contributed by atoms with Crippen molar-refractivity contribution in [2.75, 3.05) is 37.7 Å². The molecule has 2 aromatic heterocycles. The lowest BCUT2D eigenvalue weighted by molar-refractivity contribution is 0.340. The van der Waals surface area contributed by atoms with Crippen molar-refractivity contribution in [1.82, 2.24) is 29.3 Å². The number of nitrogens with zero attached hydrogens (tertiary/aromatic N) is 7. The molecule has 4 aromatic rings. The van der Waals surface area contributed by atoms with Crippen molar-refractivity contribution in [3.05, 3.63) is 60.4 Å². The zero-order chi connectivity index (χ0) is 24.6. The van der Waals surface area contributed by atoms with E-state index in [1.807, 2.05) is 36.1 Å². The molecule has 13 heteroatoms. The Kier molecular flexibility index (Phi) is 6.03. The number of anilines is 1. The summed E-state index contributed by atoms with van der Waals surface area (Å²) in [6, 6.07) is 9.79. The lowest BCUT2D eigenvalue weighted by Crippen LogP contribution is -2.49. The summed E-state index contributed by atoms with van der Waals surface area (Å²) in [6.45, 7) is 3.26. The molecule has 2 aromatic carbocycles. The molecule has 5 rings (SSSR count). The number of aromatic nitrogens is 5. The van der Waals surface area contributed by atoms with Gasteiger partial charge in [-0.25, -0.2) is 27.2 Å². The van der Waals surface area contributed by atoms with Gasteiger partial charge in [-0.15, -0.1) is 5.10 Å². The summed E-state index contributed by atoms with van der Waals surface area (Å²) in [6.07, 6.45) is 1.41. The largest absolute Gasteiger partial charge is 0.494 e. The molecule has 0 radical (unpaired) electrons. The first-order chi connectivity index (χ1) is 16.9. The Bertz CT molecular complexity index is 1470. The third-order valence-electron chi connectivity index (χ3n) is 5.66. The molecule has 35 heavy (non-hydrogen) atoms. The fourth-order valence-corrected chi connectivity index (χ4v) is 5.42. The van der Waals surface area contributed by atoms with Crippen LogP contribution in [0.3, 0.4) is 0 Å². The predicted octanol–water partition coefficient (Wildman–Crippen LogP) is 2.40. The molecule has 0 spiro atoms. The number of benzene rings is 2. The summed E-state index contributed by atoms with van der Waals surface area (Å²) < 4.78 is 61.4. The average Bonchev–Trinajstić information content (AvgIpc) is 3.29. The van der Waals surface area contributed by atoms with Gasteiger partial charge in [-0.3, -0.25) is 0 Å². The van der Waals surface area contributed by atoms with E-state index in [2.05, 4.69) is 20.3 Å². The maximum atomic E-state index is 14.1. The normalized spacial score (nSPS) is 15.0. The maximum absolute atomic E-state index is 14.1. The average molecular weight is 502 g/mol. The summed E-state index contributed by atoms with van der Waals surface area (Å²) in [7, 11) is -4.11. The fourth-order valence-electron chi connectivity index (χ4n) is 3.96. The molecule has 3 heterocycles. The first-order valence-corrected chi connectivity index (χ1v) is 12.3. The second-order valence-electron chi connectivity index (χ2n) is 7.76. The van der Waals surface area contributed by atoms with Gasteiger partial charge in [0.25, 0.3) is 0 Å². The summed E-state index contributed by atoms with van der Waals surface area (Å²) in [5.41, 5.74) is 1.72. The van der Waals surface area contributed by atoms with Crippen molar-refractivity contribution in [3.8, 4) is 11.4 Å². The predicted molar refractivity (Wildman–Crippen MR) is 123 cm³/mol. The molecule has 0 atom stereocenters. The van der Waals surface area contributed by atoms with Crippen molar-refractivity contribution in [1.29, 1.82) is 0 Å². The number of fused-ring (bicyclic) bond motifs is 1. The van der Waals surface area contributed by atoms with Gasteiger partial charge < -0.3 is 9.64 Å². The Hall–Kier alpha value is -3.71. The fraction of sp³-hybridized carbons (Fsp3) is 0.273. The van der Waals surface area contributed by atoms with Crippen LogP contribution in [0.1, 0.15) is 6.92 Å². The molecule has 0 N–H and O–H groups in total. The number of sulfonamides is 1. The van der Waals surface area contributed by atoms with Crippen molar-refractivity contribution >= 4 is 27.0 Å². The van der Waals surface area contributed by atoms with Crippen LogP contribution in [0.25, 0.3) is 16.9 Å². The van der Waals surface area contributed by atoms with Gasteiger partial charge in [0.2, 0.25) is 10.0 Å². The van der Waals surface area contributed by atoms with E-state index in [-0.39, 0.29) is 13.1 Å². The summed E-state index contributed by atoms with van der Waals surface area (Å²) in [5.74, 6) is -0.685. The lowest BCUT2D eigenvalue weighted by atomic mass is 10.3. The summed E-state index contributed by atoms with van der Waals surface area (Å²) in [4.78, 5) is 10.0. The lowest BCUT2D eigenvalue weighted by Gasteiger charge is -2.34. The number of ether oxygens (including phenoxy) is 1. The van der Waals surface area contributed by atoms with Gasteiger partial charge in [0, 0.05) is 32.2 Å². The van der Waals surface area contributed by atoms with Gasteiger partial charge >= 0.3 is 0 Å². The second-order valence-corrected chi connectivity index (χ2v) is 9.67. The molecule has 0 aliphatic carbocycles. The van der Waals surface area contributed by atoms with Gasteiger partial charge in [0.05, 0.1) is 12.3 Å². The molecular formula is C22H21F2N7O3S. The van der Waals surface area contributed by atoms with Crippen molar-refractivity contribution in [2.45, 2.75) is 11.8 Å². The van der Waals surface area contributed by atoms with Gasteiger partial charge in [-0.05, 0) is 43.3 Å². The third-order valence-corrected chi connectivity index (χ3v) is 7.59. The van der Waals surface area contributed by atoms with E-state index in [1.54, 1.807) is 4.68 Å². The van der Waals surface area contributed by atoms with E-state index in [0.717, 1.165) is 23.6 Å². The van der Waals surface area contributed by atoms with Crippen LogP contribution in [0.2, 0.25) is 0 Å². The van der Waals surface area contributed by atoms with Crippen LogP contribution in [-0.4, -0.2) is 70.5 Å². The minimum absolute atomic E-state index is 0.0949. The Labute approximate surface area is 199 Å². The molecule has 10 nitrogen and oxygen atoms in total. The minimum Gasteiger partial charge on any atom is -0.494 e. The topological polar surface area (TPSA) is 106 Å². The van der Waals surface area contributed by atoms with Crippen LogP contribution in [0.5, 0.6) is 5.75 Å². The molecule has 1 aliphatic rings. The zero-order valence-corrected chi connectivity index (χ0v) is 19.5. The Morgan fingerprint density at radius 2 is 1.74 bits per heavy atom. The monoisotopic (exact) mass is 501 g/mol. The molecule has 0 bridgehead atoms. The Morgan fingerprint density at radius 1 is 1.00 bits per heavy atom. The van der Waals surface area contributed by atoms with Gasteiger partial charge in [-0.2, -0.15) is 8.99 Å². The van der Waals surface area contributed by atoms with E-state index < -0.39 is 26.6 Å². The maximum Gasteiger partial charge on any atom is 0.246 e. The van der Waals surface area contributed by atoms with Crippen LogP contribution >= 0.6 is 0 Å². The number of hydrogen-bond donors (Lipinski definition) is 0. The smallest absolute Gasteiger partial charge is 0.246 e. The molecule has 1 fully saturated rings. The number of piperazine rings is 1. The number of halogens is 2. The van der Waals surface area contributed by atoms with E-state index in [1.165, 1.54) is 10.6 Å². The van der Waals surface area contributed by atoms with Crippen LogP contribution in [0.4, 0.5) is 14.6 Å². The second kappa shape index (κ2) is 9.15. The Balaban J connectivity index is 1.37. The quantitative estimate of drug-likeness (QED) is 0.397. The number of rotatable bonds is 6. The molecule has 182 valence electrons. The highest BCUT2D eigenvalue weighted by molar-refractivity contribution is 7.89.